The molecule has 1 aliphatic rings. The van der Waals surface area contributed by atoms with E-state index < -0.39 is 31.6 Å². The Morgan fingerprint density at radius 3 is 2.67 bits per heavy atom. The van der Waals surface area contributed by atoms with E-state index in [9.17, 15) is 14.5 Å². The third-order valence-electron chi connectivity index (χ3n) is 3.85. The van der Waals surface area contributed by atoms with E-state index in [-0.39, 0.29) is 25.3 Å². The van der Waals surface area contributed by atoms with E-state index in [1.807, 2.05) is 6.07 Å². The molecular weight excluding hydrogens is 375 g/mol. The standard InChI is InChI=1S/C17H21N2O7P/c1-17(2)11-24-27(22,25-13-6-4-12(10-18)5-7-13)26-15(17)16(21)19-9-8-14(20)23-3/h4-7,15,22H,8-9,11H2,1-3H3/p+1/t15-,27?/m0/s1. The highest BCUT2D eigenvalue weighted by atomic mass is 31.2. The minimum atomic E-state index is -3.79. The van der Waals surface area contributed by atoms with Crippen molar-refractivity contribution in [2.75, 3.05) is 20.3 Å². The maximum absolute atomic E-state index is 12.5. The van der Waals surface area contributed by atoms with Crippen LogP contribution in [0.5, 0.6) is 5.75 Å². The van der Waals surface area contributed by atoms with Gasteiger partial charge in [-0.05, 0) is 24.3 Å². The first kappa shape index (κ1) is 21.1. The summed E-state index contributed by atoms with van der Waals surface area (Å²) in [6, 6.07) is 8.00. The molecular formula is C17H22N2O7P+. The third kappa shape index (κ3) is 5.62. The second-order valence-electron chi connectivity index (χ2n) is 6.56. The van der Waals surface area contributed by atoms with Crippen LogP contribution in [0.1, 0.15) is 25.8 Å². The molecule has 2 rings (SSSR count). The lowest BCUT2D eigenvalue weighted by molar-refractivity contribution is -0.143. The summed E-state index contributed by atoms with van der Waals surface area (Å²) in [5.41, 5.74) is -0.294. The molecule has 146 valence electrons. The summed E-state index contributed by atoms with van der Waals surface area (Å²) in [5, 5.41) is 11.4. The van der Waals surface area contributed by atoms with Crippen molar-refractivity contribution < 1.29 is 32.8 Å². The van der Waals surface area contributed by atoms with Gasteiger partial charge in [0.05, 0.1) is 25.2 Å². The molecule has 2 atom stereocenters. The lowest BCUT2D eigenvalue weighted by atomic mass is 9.87. The monoisotopic (exact) mass is 397 g/mol. The van der Waals surface area contributed by atoms with Gasteiger partial charge in [-0.1, -0.05) is 13.8 Å². The van der Waals surface area contributed by atoms with Gasteiger partial charge in [0, 0.05) is 12.0 Å². The highest BCUT2D eigenvalue weighted by Crippen LogP contribution is 2.63. The van der Waals surface area contributed by atoms with Crippen LogP contribution in [0, 0.1) is 16.7 Å². The second-order valence-corrected chi connectivity index (χ2v) is 8.15. The van der Waals surface area contributed by atoms with Crippen molar-refractivity contribution >= 4 is 20.0 Å². The van der Waals surface area contributed by atoms with Crippen LogP contribution >= 0.6 is 8.17 Å². The number of hydrogen-bond acceptors (Lipinski definition) is 8. The molecule has 0 bridgehead atoms. The van der Waals surface area contributed by atoms with Gasteiger partial charge in [0.15, 0.2) is 11.9 Å². The predicted molar refractivity (Wildman–Crippen MR) is 95.2 cm³/mol. The van der Waals surface area contributed by atoms with E-state index in [4.69, 9.17) is 18.8 Å². The molecule has 1 amide bonds. The van der Waals surface area contributed by atoms with Gasteiger partial charge in [-0.15, -0.1) is 9.05 Å². The number of nitriles is 1. The van der Waals surface area contributed by atoms with Crippen LogP contribution in [-0.4, -0.2) is 43.1 Å². The van der Waals surface area contributed by atoms with Crippen molar-refractivity contribution in [2.45, 2.75) is 26.4 Å². The number of nitrogens with one attached hydrogen (secondary N) is 1. The van der Waals surface area contributed by atoms with E-state index in [1.165, 1.54) is 31.4 Å². The van der Waals surface area contributed by atoms with Crippen LogP contribution in [0.4, 0.5) is 0 Å². The van der Waals surface area contributed by atoms with Gasteiger partial charge in [0.1, 0.15) is 6.61 Å². The van der Waals surface area contributed by atoms with Gasteiger partial charge in [0.25, 0.3) is 5.91 Å². The maximum atomic E-state index is 12.5. The number of rotatable bonds is 6. The second kappa shape index (κ2) is 8.63. The van der Waals surface area contributed by atoms with Crippen LogP contribution in [0.3, 0.4) is 0 Å². The zero-order valence-corrected chi connectivity index (χ0v) is 16.2. The van der Waals surface area contributed by atoms with Crippen LogP contribution in [0.2, 0.25) is 0 Å². The Hall–Kier alpha value is -2.24. The molecule has 2 N–H and O–H groups in total. The number of amides is 1. The highest BCUT2D eigenvalue weighted by Gasteiger charge is 2.60. The SMILES string of the molecule is COC(=O)CCNC(=O)[C@@H]1O[P+](O)(Oc2ccc(C#N)cc2)OCC1(C)C. The molecule has 1 unspecified atom stereocenters. The molecule has 0 radical (unpaired) electrons. The molecule has 9 nitrogen and oxygen atoms in total. The molecule has 27 heavy (non-hydrogen) atoms. The summed E-state index contributed by atoms with van der Waals surface area (Å²) in [7, 11) is -2.53. The van der Waals surface area contributed by atoms with Crippen LogP contribution < -0.4 is 9.84 Å². The number of benzene rings is 1. The van der Waals surface area contributed by atoms with Gasteiger partial charge in [-0.2, -0.15) is 10.2 Å². The molecule has 0 aromatic heterocycles. The first-order chi connectivity index (χ1) is 12.7. The van der Waals surface area contributed by atoms with Crippen molar-refractivity contribution in [3.05, 3.63) is 29.8 Å². The fourth-order valence-electron chi connectivity index (χ4n) is 2.29. The van der Waals surface area contributed by atoms with E-state index in [0.29, 0.717) is 5.56 Å². The van der Waals surface area contributed by atoms with E-state index in [2.05, 4.69) is 10.1 Å². The van der Waals surface area contributed by atoms with E-state index in [1.54, 1.807) is 13.8 Å². The zero-order valence-electron chi connectivity index (χ0n) is 15.3. The number of hydrogen-bond donors (Lipinski definition) is 2. The van der Waals surface area contributed by atoms with Crippen molar-refractivity contribution in [1.29, 1.82) is 5.26 Å². The average molecular weight is 397 g/mol. The molecule has 1 heterocycles. The van der Waals surface area contributed by atoms with Crippen molar-refractivity contribution in [3.63, 3.8) is 0 Å². The van der Waals surface area contributed by atoms with Gasteiger partial charge < -0.3 is 10.1 Å². The summed E-state index contributed by atoms with van der Waals surface area (Å²) in [5.74, 6) is -0.695. The van der Waals surface area contributed by atoms with Crippen LogP contribution in [-0.2, 0) is 23.4 Å². The number of carbonyl (C=O) groups is 2. The Labute approximate surface area is 157 Å². The summed E-state index contributed by atoms with van der Waals surface area (Å²) < 4.78 is 20.9. The zero-order chi connectivity index (χ0) is 20.1. The van der Waals surface area contributed by atoms with Gasteiger partial charge in [-0.3, -0.25) is 14.1 Å². The first-order valence-electron chi connectivity index (χ1n) is 8.18. The predicted octanol–water partition coefficient (Wildman–Crippen LogP) is 1.73. The number of carbonyl (C=O) groups excluding carboxylic acids is 2. The molecule has 1 fully saturated rings. The van der Waals surface area contributed by atoms with Crippen molar-refractivity contribution in [3.8, 4) is 11.8 Å². The van der Waals surface area contributed by atoms with E-state index in [0.717, 1.165) is 0 Å². The highest BCUT2D eigenvalue weighted by molar-refractivity contribution is 7.56. The minimum absolute atomic E-state index is 0.0209. The Morgan fingerprint density at radius 1 is 1.41 bits per heavy atom. The molecule has 1 aliphatic heterocycles. The normalized spacial score (nSPS) is 23.7. The molecule has 0 aliphatic carbocycles. The minimum Gasteiger partial charge on any atom is -0.469 e. The van der Waals surface area contributed by atoms with Crippen molar-refractivity contribution in [1.82, 2.24) is 5.32 Å². The van der Waals surface area contributed by atoms with E-state index >= 15 is 0 Å². The largest absolute Gasteiger partial charge is 0.619 e. The number of esters is 1. The first-order valence-corrected chi connectivity index (χ1v) is 9.68. The van der Waals surface area contributed by atoms with Gasteiger partial charge in [0.2, 0.25) is 0 Å². The lowest BCUT2D eigenvalue weighted by Crippen LogP contribution is -2.51. The van der Waals surface area contributed by atoms with Crippen molar-refractivity contribution in [2.24, 2.45) is 5.41 Å². The van der Waals surface area contributed by atoms with Crippen LogP contribution in [0.15, 0.2) is 24.3 Å². The Balaban J connectivity index is 2.04. The van der Waals surface area contributed by atoms with Crippen LogP contribution in [0.25, 0.3) is 0 Å². The van der Waals surface area contributed by atoms with Gasteiger partial charge >= 0.3 is 14.1 Å². The Morgan fingerprint density at radius 2 is 2.07 bits per heavy atom. The summed E-state index contributed by atoms with van der Waals surface area (Å²) in [6.45, 7) is 3.61. The summed E-state index contributed by atoms with van der Waals surface area (Å²) in [4.78, 5) is 34.2. The molecule has 0 saturated carbocycles. The molecule has 1 saturated heterocycles. The maximum Gasteiger partial charge on any atom is 0.619 e. The van der Waals surface area contributed by atoms with Gasteiger partial charge in [-0.25, -0.2) is 0 Å². The summed E-state index contributed by atoms with van der Waals surface area (Å²) in [6.07, 6.45) is -1.02. The summed E-state index contributed by atoms with van der Waals surface area (Å²) >= 11 is 0. The molecule has 10 heteroatoms. The number of ether oxygens (including phenoxy) is 1. The fraction of sp³-hybridized carbons (Fsp3) is 0.471. The quantitative estimate of drug-likeness (QED) is 0.549. The molecule has 1 aromatic carbocycles. The number of nitrogens with zero attached hydrogens (tertiary/aromatic N) is 1. The average Bonchev–Trinajstić information content (AvgIpc) is 2.64. The Bertz CT molecular complexity index is 732. The topological polar surface area (TPSA) is 127 Å². The molecule has 0 spiro atoms. The fourth-order valence-corrected chi connectivity index (χ4v) is 3.97. The smallest absolute Gasteiger partial charge is 0.469 e. The Kier molecular flexibility index (Phi) is 6.73. The lowest BCUT2D eigenvalue weighted by Gasteiger charge is -2.36. The third-order valence-corrected chi connectivity index (χ3v) is 5.22. The molecule has 1 aromatic rings. The number of methoxy groups -OCH3 is 1.